The fourth-order valence-electron chi connectivity index (χ4n) is 3.98. The van der Waals surface area contributed by atoms with Crippen molar-refractivity contribution in [2.24, 2.45) is 0 Å². The van der Waals surface area contributed by atoms with Gasteiger partial charge in [-0.05, 0) is 54.3 Å². The van der Waals surface area contributed by atoms with Gasteiger partial charge < -0.3 is 9.64 Å². The van der Waals surface area contributed by atoms with Gasteiger partial charge in [0.05, 0.1) is 6.54 Å². The van der Waals surface area contributed by atoms with E-state index >= 15 is 0 Å². The molecule has 0 radical (unpaired) electrons. The number of carbonyl (C=O) groups is 1. The average Bonchev–Trinajstić information content (AvgIpc) is 3.23. The first-order valence-electron chi connectivity index (χ1n) is 10.8. The lowest BCUT2D eigenvalue weighted by Crippen LogP contribution is -2.37. The molecular weight excluding hydrogens is 388 g/mol. The van der Waals surface area contributed by atoms with Crippen LogP contribution in [0.1, 0.15) is 47.7 Å². The van der Waals surface area contributed by atoms with E-state index in [0.29, 0.717) is 24.6 Å². The first kappa shape index (κ1) is 20.9. The first-order valence-corrected chi connectivity index (χ1v) is 10.8. The van der Waals surface area contributed by atoms with Crippen molar-refractivity contribution in [3.63, 3.8) is 0 Å². The van der Waals surface area contributed by atoms with Crippen molar-refractivity contribution in [2.45, 2.75) is 39.2 Å². The van der Waals surface area contributed by atoms with Crippen LogP contribution in [0.15, 0.2) is 71.7 Å². The summed E-state index contributed by atoms with van der Waals surface area (Å²) in [6.45, 7) is 7.11. The van der Waals surface area contributed by atoms with E-state index in [2.05, 4.69) is 19.9 Å². The van der Waals surface area contributed by atoms with Gasteiger partial charge in [0.1, 0.15) is 17.4 Å². The monoisotopic (exact) mass is 416 g/mol. The van der Waals surface area contributed by atoms with Crippen molar-refractivity contribution >= 4 is 5.91 Å². The summed E-state index contributed by atoms with van der Waals surface area (Å²) in [5.41, 5.74) is 2.57. The predicted octanol–water partition coefficient (Wildman–Crippen LogP) is 4.56. The Kier molecular flexibility index (Phi) is 5.94. The molecule has 1 atom stereocenters. The molecule has 160 valence electrons. The van der Waals surface area contributed by atoms with E-state index in [0.717, 1.165) is 23.4 Å². The Morgan fingerprint density at radius 3 is 2.58 bits per heavy atom. The molecule has 1 aliphatic heterocycles. The van der Waals surface area contributed by atoms with Gasteiger partial charge in [-0.1, -0.05) is 44.2 Å². The number of ether oxygens (including phenoxy) is 1. The van der Waals surface area contributed by atoms with Gasteiger partial charge in [0, 0.05) is 24.8 Å². The fraction of sp³-hybridized carbons (Fsp3) is 0.308. The molecule has 0 aliphatic carbocycles. The molecule has 2 aromatic carbocycles. The third-order valence-corrected chi connectivity index (χ3v) is 5.81. The van der Waals surface area contributed by atoms with Gasteiger partial charge in [-0.2, -0.15) is 0 Å². The Morgan fingerprint density at radius 2 is 1.84 bits per heavy atom. The highest BCUT2D eigenvalue weighted by atomic mass is 16.5. The number of likely N-dealkylation sites (tertiary alicyclic amines) is 1. The molecule has 5 nitrogen and oxygen atoms in total. The van der Waals surface area contributed by atoms with Gasteiger partial charge >= 0.3 is 0 Å². The van der Waals surface area contributed by atoms with Gasteiger partial charge in [-0.3, -0.25) is 14.2 Å². The van der Waals surface area contributed by atoms with Crippen LogP contribution in [-0.4, -0.2) is 34.6 Å². The van der Waals surface area contributed by atoms with Gasteiger partial charge in [0.2, 0.25) is 0 Å². The molecule has 1 saturated heterocycles. The number of amides is 1. The van der Waals surface area contributed by atoms with Crippen LogP contribution in [0.3, 0.4) is 0 Å². The van der Waals surface area contributed by atoms with Crippen molar-refractivity contribution in [1.82, 2.24) is 9.47 Å². The lowest BCUT2D eigenvalue weighted by molar-refractivity contribution is 0.0769. The average molecular weight is 417 g/mol. The Balaban J connectivity index is 1.58. The zero-order chi connectivity index (χ0) is 22.0. The highest BCUT2D eigenvalue weighted by molar-refractivity contribution is 5.95. The molecule has 5 heteroatoms. The Bertz CT molecular complexity index is 1130. The molecule has 0 saturated carbocycles. The zero-order valence-electron chi connectivity index (χ0n) is 18.2. The molecule has 0 spiro atoms. The van der Waals surface area contributed by atoms with E-state index in [-0.39, 0.29) is 23.1 Å². The predicted molar refractivity (Wildman–Crippen MR) is 122 cm³/mol. The normalized spacial score (nSPS) is 16.0. The minimum absolute atomic E-state index is 0.0692. The second-order valence-electron chi connectivity index (χ2n) is 8.39. The van der Waals surface area contributed by atoms with Crippen LogP contribution in [0, 0.1) is 6.92 Å². The van der Waals surface area contributed by atoms with E-state index in [4.69, 9.17) is 4.74 Å². The summed E-state index contributed by atoms with van der Waals surface area (Å²) in [5.74, 6) is 0.925. The number of hydrogen-bond donors (Lipinski definition) is 0. The minimum Gasteiger partial charge on any atom is -0.489 e. The van der Waals surface area contributed by atoms with Gasteiger partial charge in [0.25, 0.3) is 11.5 Å². The number of aryl methyl sites for hydroxylation is 1. The lowest BCUT2D eigenvalue weighted by Gasteiger charge is -2.19. The summed E-state index contributed by atoms with van der Waals surface area (Å²) in [5, 5.41) is 0. The van der Waals surface area contributed by atoms with Crippen molar-refractivity contribution in [3.8, 4) is 11.4 Å². The third-order valence-electron chi connectivity index (χ3n) is 5.81. The zero-order valence-corrected chi connectivity index (χ0v) is 18.2. The number of carbonyl (C=O) groups excluding carboxylic acids is 1. The smallest absolute Gasteiger partial charge is 0.268 e. The highest BCUT2D eigenvalue weighted by Gasteiger charge is 2.30. The summed E-state index contributed by atoms with van der Waals surface area (Å²) in [6, 6.07) is 19.4. The topological polar surface area (TPSA) is 51.5 Å². The number of hydrogen-bond acceptors (Lipinski definition) is 3. The largest absolute Gasteiger partial charge is 0.489 e. The number of rotatable bonds is 5. The Morgan fingerprint density at radius 1 is 1.06 bits per heavy atom. The molecule has 4 rings (SSSR count). The SMILES string of the molecule is Cc1ccn(-c2cccc(C(C)C)c2)c(=O)c1C(=O)N1CC[C@@H](Oc2ccccc2)C1. The molecule has 0 N–H and O–H groups in total. The van der Waals surface area contributed by atoms with Crippen molar-refractivity contribution < 1.29 is 9.53 Å². The molecule has 1 aliphatic rings. The second kappa shape index (κ2) is 8.80. The maximum absolute atomic E-state index is 13.3. The fourth-order valence-corrected chi connectivity index (χ4v) is 3.98. The van der Waals surface area contributed by atoms with Crippen LogP contribution in [0.5, 0.6) is 5.75 Å². The molecule has 3 aromatic rings. The van der Waals surface area contributed by atoms with Crippen molar-refractivity contribution in [3.05, 3.63) is 93.9 Å². The van der Waals surface area contributed by atoms with Crippen LogP contribution in [0.2, 0.25) is 0 Å². The van der Waals surface area contributed by atoms with Crippen molar-refractivity contribution in [2.75, 3.05) is 13.1 Å². The molecule has 2 heterocycles. The van der Waals surface area contributed by atoms with E-state index in [1.54, 1.807) is 15.7 Å². The summed E-state index contributed by atoms with van der Waals surface area (Å²) >= 11 is 0. The summed E-state index contributed by atoms with van der Waals surface area (Å²) in [6.07, 6.45) is 2.43. The Hall–Kier alpha value is -3.34. The van der Waals surface area contributed by atoms with Gasteiger partial charge in [-0.25, -0.2) is 0 Å². The van der Waals surface area contributed by atoms with Gasteiger partial charge in [0.15, 0.2) is 0 Å². The first-order chi connectivity index (χ1) is 14.9. The maximum Gasteiger partial charge on any atom is 0.268 e. The van der Waals surface area contributed by atoms with Crippen LogP contribution < -0.4 is 10.3 Å². The summed E-state index contributed by atoms with van der Waals surface area (Å²) < 4.78 is 7.57. The van der Waals surface area contributed by atoms with Crippen LogP contribution in [0.25, 0.3) is 5.69 Å². The standard InChI is InChI=1S/C26H28N2O3/c1-18(2)20-8-7-9-21(16-20)28-15-12-19(3)24(26(28)30)25(29)27-14-13-23(17-27)31-22-10-5-4-6-11-22/h4-12,15-16,18,23H,13-14,17H2,1-3H3/t23-/m1/s1. The van der Waals surface area contributed by atoms with Crippen LogP contribution in [-0.2, 0) is 0 Å². The highest BCUT2D eigenvalue weighted by Crippen LogP contribution is 2.21. The quantitative estimate of drug-likeness (QED) is 0.613. The molecule has 0 bridgehead atoms. The lowest BCUT2D eigenvalue weighted by atomic mass is 10.0. The number of pyridine rings is 1. The number of para-hydroxylation sites is 1. The Labute approximate surface area is 182 Å². The molecule has 1 fully saturated rings. The number of benzene rings is 2. The number of aromatic nitrogens is 1. The van der Waals surface area contributed by atoms with E-state index in [1.165, 1.54) is 0 Å². The molecular formula is C26H28N2O3. The third kappa shape index (κ3) is 4.41. The maximum atomic E-state index is 13.3. The van der Waals surface area contributed by atoms with Crippen LogP contribution in [0.4, 0.5) is 0 Å². The second-order valence-corrected chi connectivity index (χ2v) is 8.39. The summed E-state index contributed by atoms with van der Waals surface area (Å²) in [4.78, 5) is 28.4. The van der Waals surface area contributed by atoms with Crippen LogP contribution >= 0.6 is 0 Å². The molecule has 0 unspecified atom stereocenters. The van der Waals surface area contributed by atoms with E-state index in [9.17, 15) is 9.59 Å². The number of nitrogens with zero attached hydrogens (tertiary/aromatic N) is 2. The van der Waals surface area contributed by atoms with Crippen molar-refractivity contribution in [1.29, 1.82) is 0 Å². The van der Waals surface area contributed by atoms with E-state index in [1.807, 2.05) is 61.5 Å². The van der Waals surface area contributed by atoms with E-state index < -0.39 is 0 Å². The summed E-state index contributed by atoms with van der Waals surface area (Å²) in [7, 11) is 0. The molecule has 31 heavy (non-hydrogen) atoms. The molecule has 1 amide bonds. The van der Waals surface area contributed by atoms with Gasteiger partial charge in [-0.15, -0.1) is 0 Å². The minimum atomic E-state index is -0.279. The molecule has 1 aromatic heterocycles.